The van der Waals surface area contributed by atoms with Gasteiger partial charge in [-0.3, -0.25) is 4.79 Å². The van der Waals surface area contributed by atoms with Gasteiger partial charge in [-0.05, 0) is 39.2 Å². The lowest BCUT2D eigenvalue weighted by atomic mass is 9.96. The molecule has 0 saturated carbocycles. The smallest absolute Gasteiger partial charge is 0.222 e. The number of nitrogens with zero attached hydrogens (tertiary/aromatic N) is 1. The third kappa shape index (κ3) is 4.94. The van der Waals surface area contributed by atoms with Crippen molar-refractivity contribution < 1.29 is 9.53 Å². The number of hydrogen-bond acceptors (Lipinski definition) is 3. The summed E-state index contributed by atoms with van der Waals surface area (Å²) in [6.45, 7) is 8.41. The maximum Gasteiger partial charge on any atom is 0.222 e. The Morgan fingerprint density at radius 2 is 1.94 bits per heavy atom. The molecule has 18 heavy (non-hydrogen) atoms. The fourth-order valence-corrected chi connectivity index (χ4v) is 2.66. The fraction of sp³-hybridized carbons (Fsp3) is 0.929. The monoisotopic (exact) mass is 256 g/mol. The lowest BCUT2D eigenvalue weighted by Crippen LogP contribution is -2.48. The van der Waals surface area contributed by atoms with Crippen LogP contribution in [-0.2, 0) is 9.53 Å². The van der Waals surface area contributed by atoms with E-state index in [-0.39, 0.29) is 18.1 Å². The SMILES string of the molecule is CCC(CCN)CCC(=O)N1CC(C)OC(C)C1. The molecule has 4 nitrogen and oxygen atoms in total. The number of hydrogen-bond donors (Lipinski definition) is 1. The molecule has 1 saturated heterocycles. The van der Waals surface area contributed by atoms with Crippen molar-refractivity contribution in [2.75, 3.05) is 19.6 Å². The van der Waals surface area contributed by atoms with E-state index >= 15 is 0 Å². The van der Waals surface area contributed by atoms with E-state index in [1.54, 1.807) is 0 Å². The van der Waals surface area contributed by atoms with Crippen LogP contribution in [0.1, 0.15) is 46.5 Å². The highest BCUT2D eigenvalue weighted by molar-refractivity contribution is 5.76. The third-order valence-corrected chi connectivity index (χ3v) is 3.69. The number of carbonyl (C=O) groups is 1. The van der Waals surface area contributed by atoms with E-state index in [1.807, 2.05) is 18.7 Å². The molecule has 2 N–H and O–H groups in total. The van der Waals surface area contributed by atoms with Gasteiger partial charge in [-0.1, -0.05) is 13.3 Å². The highest BCUT2D eigenvalue weighted by atomic mass is 16.5. The summed E-state index contributed by atoms with van der Waals surface area (Å²) in [7, 11) is 0. The molecule has 3 atom stereocenters. The first-order valence-corrected chi connectivity index (χ1v) is 7.20. The molecule has 0 radical (unpaired) electrons. The Balaban J connectivity index is 2.35. The van der Waals surface area contributed by atoms with E-state index in [1.165, 1.54) is 0 Å². The Hall–Kier alpha value is -0.610. The van der Waals surface area contributed by atoms with Gasteiger partial charge in [0.25, 0.3) is 0 Å². The quantitative estimate of drug-likeness (QED) is 0.788. The summed E-state index contributed by atoms with van der Waals surface area (Å²) < 4.78 is 5.64. The minimum atomic E-state index is 0.156. The molecule has 1 fully saturated rings. The van der Waals surface area contributed by atoms with Gasteiger partial charge >= 0.3 is 0 Å². The predicted molar refractivity (Wildman–Crippen MR) is 73.3 cm³/mol. The standard InChI is InChI=1S/C14H28N2O2/c1-4-13(7-8-15)5-6-14(17)16-9-11(2)18-12(3)10-16/h11-13H,4-10,15H2,1-3H3. The molecule has 3 unspecified atom stereocenters. The lowest BCUT2D eigenvalue weighted by Gasteiger charge is -2.35. The Morgan fingerprint density at radius 3 is 2.44 bits per heavy atom. The molecule has 1 rings (SSSR count). The number of amides is 1. The van der Waals surface area contributed by atoms with Gasteiger partial charge in [0, 0.05) is 19.5 Å². The van der Waals surface area contributed by atoms with Gasteiger partial charge in [0.15, 0.2) is 0 Å². The maximum atomic E-state index is 12.2. The highest BCUT2D eigenvalue weighted by Gasteiger charge is 2.25. The summed E-state index contributed by atoms with van der Waals surface area (Å²) in [5.41, 5.74) is 5.58. The van der Waals surface area contributed by atoms with E-state index in [4.69, 9.17) is 10.5 Å². The molecule has 0 aliphatic carbocycles. The minimum absolute atomic E-state index is 0.156. The Bertz CT molecular complexity index is 248. The Labute approximate surface area is 111 Å². The zero-order valence-electron chi connectivity index (χ0n) is 12.0. The first kappa shape index (κ1) is 15.4. The second-order valence-electron chi connectivity index (χ2n) is 5.45. The van der Waals surface area contributed by atoms with Gasteiger partial charge in [-0.25, -0.2) is 0 Å². The van der Waals surface area contributed by atoms with Gasteiger partial charge < -0.3 is 15.4 Å². The van der Waals surface area contributed by atoms with Crippen LogP contribution < -0.4 is 5.73 Å². The van der Waals surface area contributed by atoms with Crippen LogP contribution in [0.4, 0.5) is 0 Å². The average molecular weight is 256 g/mol. The van der Waals surface area contributed by atoms with Crippen molar-refractivity contribution in [1.29, 1.82) is 0 Å². The maximum absolute atomic E-state index is 12.2. The molecule has 0 aromatic rings. The predicted octanol–water partition coefficient (Wildman–Crippen LogP) is 1.78. The summed E-state index contributed by atoms with van der Waals surface area (Å²) in [5, 5.41) is 0. The van der Waals surface area contributed by atoms with Gasteiger partial charge in [-0.15, -0.1) is 0 Å². The third-order valence-electron chi connectivity index (χ3n) is 3.69. The normalized spacial score (nSPS) is 26.1. The lowest BCUT2D eigenvalue weighted by molar-refractivity contribution is -0.143. The molecular formula is C14H28N2O2. The molecule has 4 heteroatoms. The van der Waals surface area contributed by atoms with Crippen LogP contribution in [0.15, 0.2) is 0 Å². The number of morpholine rings is 1. The van der Waals surface area contributed by atoms with Gasteiger partial charge in [0.2, 0.25) is 5.91 Å². The van der Waals surface area contributed by atoms with Gasteiger partial charge in [-0.2, -0.15) is 0 Å². The second kappa shape index (κ2) is 7.74. The summed E-state index contributed by atoms with van der Waals surface area (Å²) >= 11 is 0. The van der Waals surface area contributed by atoms with Crippen molar-refractivity contribution in [3.63, 3.8) is 0 Å². The summed E-state index contributed by atoms with van der Waals surface area (Å²) in [4.78, 5) is 14.1. The van der Waals surface area contributed by atoms with Crippen LogP contribution >= 0.6 is 0 Å². The molecule has 1 aliphatic rings. The minimum Gasteiger partial charge on any atom is -0.372 e. The van der Waals surface area contributed by atoms with Crippen molar-refractivity contribution in [1.82, 2.24) is 4.90 Å². The zero-order chi connectivity index (χ0) is 13.5. The van der Waals surface area contributed by atoms with E-state index in [0.29, 0.717) is 12.3 Å². The second-order valence-corrected chi connectivity index (χ2v) is 5.45. The molecule has 0 bridgehead atoms. The van der Waals surface area contributed by atoms with E-state index < -0.39 is 0 Å². The molecule has 0 aromatic heterocycles. The molecule has 1 amide bonds. The van der Waals surface area contributed by atoms with E-state index in [0.717, 1.165) is 38.9 Å². The summed E-state index contributed by atoms with van der Waals surface area (Å²) in [5.74, 6) is 0.863. The largest absolute Gasteiger partial charge is 0.372 e. The van der Waals surface area contributed by atoms with Gasteiger partial charge in [0.1, 0.15) is 0 Å². The summed E-state index contributed by atoms with van der Waals surface area (Å²) in [6, 6.07) is 0. The first-order chi connectivity index (χ1) is 8.56. The van der Waals surface area contributed by atoms with Crippen molar-refractivity contribution in [2.45, 2.75) is 58.7 Å². The van der Waals surface area contributed by atoms with Crippen LogP contribution in [0.5, 0.6) is 0 Å². The molecule has 0 spiro atoms. The van der Waals surface area contributed by atoms with Crippen LogP contribution in [0.3, 0.4) is 0 Å². The molecule has 106 valence electrons. The van der Waals surface area contributed by atoms with E-state index in [2.05, 4.69) is 6.92 Å². The Kier molecular flexibility index (Phi) is 6.65. The first-order valence-electron chi connectivity index (χ1n) is 7.20. The van der Waals surface area contributed by atoms with E-state index in [9.17, 15) is 4.79 Å². The topological polar surface area (TPSA) is 55.6 Å². The van der Waals surface area contributed by atoms with Crippen molar-refractivity contribution in [2.24, 2.45) is 11.7 Å². The molecular weight excluding hydrogens is 228 g/mol. The average Bonchev–Trinajstić information content (AvgIpc) is 2.32. The van der Waals surface area contributed by atoms with Gasteiger partial charge in [0.05, 0.1) is 12.2 Å². The molecule has 1 heterocycles. The number of carbonyl (C=O) groups excluding carboxylic acids is 1. The molecule has 1 aliphatic heterocycles. The molecule has 0 aromatic carbocycles. The number of ether oxygens (including phenoxy) is 1. The highest BCUT2D eigenvalue weighted by Crippen LogP contribution is 2.17. The van der Waals surface area contributed by atoms with Crippen molar-refractivity contribution >= 4 is 5.91 Å². The van der Waals surface area contributed by atoms with Crippen molar-refractivity contribution in [3.8, 4) is 0 Å². The van der Waals surface area contributed by atoms with Crippen LogP contribution in [0, 0.1) is 5.92 Å². The van der Waals surface area contributed by atoms with Crippen LogP contribution in [0.25, 0.3) is 0 Å². The van der Waals surface area contributed by atoms with Crippen LogP contribution in [-0.4, -0.2) is 42.6 Å². The fourth-order valence-electron chi connectivity index (χ4n) is 2.66. The van der Waals surface area contributed by atoms with Crippen LogP contribution in [0.2, 0.25) is 0 Å². The number of rotatable bonds is 6. The zero-order valence-corrected chi connectivity index (χ0v) is 12.0. The number of nitrogens with two attached hydrogens (primary N) is 1. The van der Waals surface area contributed by atoms with Crippen molar-refractivity contribution in [3.05, 3.63) is 0 Å². The Morgan fingerprint density at radius 1 is 1.33 bits per heavy atom. The summed E-state index contributed by atoms with van der Waals surface area (Å²) in [6.07, 6.45) is 4.07.